The molecule has 0 fully saturated rings. The Bertz CT molecular complexity index is 393. The molecule has 0 spiro atoms. The average Bonchev–Trinajstić information content (AvgIpc) is 2.29. The summed E-state index contributed by atoms with van der Waals surface area (Å²) in [6, 6.07) is 4.92. The fourth-order valence-electron chi connectivity index (χ4n) is 1.29. The molecule has 1 rings (SSSR count). The van der Waals surface area contributed by atoms with Crippen molar-refractivity contribution in [3.8, 4) is 17.6 Å². The second-order valence-corrected chi connectivity index (χ2v) is 3.22. The van der Waals surface area contributed by atoms with Crippen molar-refractivity contribution in [1.29, 1.82) is 0 Å². The summed E-state index contributed by atoms with van der Waals surface area (Å²) in [6.45, 7) is 5.39. The van der Waals surface area contributed by atoms with Gasteiger partial charge >= 0.3 is 0 Å². The highest BCUT2D eigenvalue weighted by Crippen LogP contribution is 2.22. The van der Waals surface area contributed by atoms with Crippen LogP contribution < -0.4 is 10.1 Å². The molecule has 0 radical (unpaired) electrons. The molecule has 0 heterocycles. The van der Waals surface area contributed by atoms with Crippen LogP contribution in [0, 0.1) is 17.7 Å². The summed E-state index contributed by atoms with van der Waals surface area (Å²) < 4.78 is 18.8. The lowest BCUT2D eigenvalue weighted by Gasteiger charge is -2.10. The van der Waals surface area contributed by atoms with Gasteiger partial charge in [0.15, 0.2) is 11.6 Å². The van der Waals surface area contributed by atoms with Crippen LogP contribution in [0.2, 0.25) is 0 Å². The molecule has 3 heteroatoms. The third kappa shape index (κ3) is 3.56. The van der Waals surface area contributed by atoms with Crippen LogP contribution in [-0.4, -0.2) is 13.2 Å². The van der Waals surface area contributed by atoms with E-state index >= 15 is 0 Å². The maximum absolute atomic E-state index is 13.5. The molecule has 1 aromatic carbocycles. The van der Waals surface area contributed by atoms with Gasteiger partial charge in [0.25, 0.3) is 0 Å². The van der Waals surface area contributed by atoms with Gasteiger partial charge in [-0.15, -0.1) is 5.92 Å². The smallest absolute Gasteiger partial charge is 0.165 e. The molecule has 0 atom stereocenters. The van der Waals surface area contributed by atoms with E-state index in [1.807, 2.05) is 13.0 Å². The lowest BCUT2D eigenvalue weighted by Crippen LogP contribution is -2.13. The summed E-state index contributed by atoms with van der Waals surface area (Å²) in [7, 11) is 0. The SMILES string of the molecule is CC#CCOc1c(F)cccc1CNCC. The normalized spacial score (nSPS) is 9.44. The molecule has 1 aromatic rings. The first-order valence-electron chi connectivity index (χ1n) is 5.30. The number of halogens is 1. The first-order valence-corrected chi connectivity index (χ1v) is 5.30. The van der Waals surface area contributed by atoms with Crippen LogP contribution in [0.4, 0.5) is 4.39 Å². The maximum Gasteiger partial charge on any atom is 0.165 e. The predicted octanol–water partition coefficient (Wildman–Crippen LogP) is 2.34. The summed E-state index contributed by atoms with van der Waals surface area (Å²) in [5, 5.41) is 3.14. The number of para-hydroxylation sites is 1. The summed E-state index contributed by atoms with van der Waals surface area (Å²) in [6.07, 6.45) is 0. The molecule has 0 aliphatic rings. The molecule has 0 aliphatic heterocycles. The zero-order valence-electron chi connectivity index (χ0n) is 9.64. The van der Waals surface area contributed by atoms with Gasteiger partial charge in [-0.1, -0.05) is 25.0 Å². The molecule has 2 nitrogen and oxygen atoms in total. The van der Waals surface area contributed by atoms with Crippen LogP contribution in [0.15, 0.2) is 18.2 Å². The molecule has 0 saturated carbocycles. The van der Waals surface area contributed by atoms with Crippen molar-refractivity contribution in [2.75, 3.05) is 13.2 Å². The van der Waals surface area contributed by atoms with Crippen LogP contribution in [-0.2, 0) is 6.54 Å². The van der Waals surface area contributed by atoms with Crippen molar-refractivity contribution in [3.63, 3.8) is 0 Å². The number of benzene rings is 1. The Labute approximate surface area is 95.8 Å². The standard InChI is InChI=1S/C13H16FNO/c1-3-5-9-16-13-11(10-15-4-2)7-6-8-12(13)14/h6-8,15H,4,9-10H2,1-2H3. The number of nitrogens with one attached hydrogen (secondary N) is 1. The Balaban J connectivity index is 2.79. The van der Waals surface area contributed by atoms with Crippen LogP contribution in [0.3, 0.4) is 0 Å². The van der Waals surface area contributed by atoms with Gasteiger partial charge in [0.2, 0.25) is 0 Å². The van der Waals surface area contributed by atoms with Gasteiger partial charge in [-0.3, -0.25) is 0 Å². The quantitative estimate of drug-likeness (QED) is 0.770. The van der Waals surface area contributed by atoms with E-state index < -0.39 is 0 Å². The largest absolute Gasteiger partial charge is 0.478 e. The predicted molar refractivity (Wildman–Crippen MR) is 62.7 cm³/mol. The van der Waals surface area contributed by atoms with E-state index in [2.05, 4.69) is 17.2 Å². The van der Waals surface area contributed by atoms with Gasteiger partial charge in [-0.25, -0.2) is 4.39 Å². The summed E-state index contributed by atoms with van der Waals surface area (Å²) in [5.74, 6) is 5.41. The molecule has 0 aliphatic carbocycles. The highest BCUT2D eigenvalue weighted by molar-refractivity contribution is 5.35. The van der Waals surface area contributed by atoms with Crippen molar-refractivity contribution in [1.82, 2.24) is 5.32 Å². The van der Waals surface area contributed by atoms with Crippen molar-refractivity contribution in [2.45, 2.75) is 20.4 Å². The average molecular weight is 221 g/mol. The minimum absolute atomic E-state index is 0.219. The van der Waals surface area contributed by atoms with E-state index in [1.54, 1.807) is 13.0 Å². The van der Waals surface area contributed by atoms with Crippen molar-refractivity contribution >= 4 is 0 Å². The lowest BCUT2D eigenvalue weighted by molar-refractivity contribution is 0.342. The highest BCUT2D eigenvalue weighted by Gasteiger charge is 2.08. The number of hydrogen-bond acceptors (Lipinski definition) is 2. The second kappa shape index (κ2) is 6.86. The fraction of sp³-hybridized carbons (Fsp3) is 0.385. The van der Waals surface area contributed by atoms with Gasteiger partial charge in [0.05, 0.1) is 0 Å². The zero-order chi connectivity index (χ0) is 11.8. The van der Waals surface area contributed by atoms with E-state index in [-0.39, 0.29) is 12.4 Å². The molecule has 0 unspecified atom stereocenters. The van der Waals surface area contributed by atoms with Crippen molar-refractivity contribution in [3.05, 3.63) is 29.6 Å². The Morgan fingerprint density at radius 1 is 1.44 bits per heavy atom. The Morgan fingerprint density at radius 3 is 2.94 bits per heavy atom. The summed E-state index contributed by atoms with van der Waals surface area (Å²) in [4.78, 5) is 0. The van der Waals surface area contributed by atoms with Gasteiger partial charge in [-0.2, -0.15) is 0 Å². The zero-order valence-corrected chi connectivity index (χ0v) is 9.64. The lowest BCUT2D eigenvalue weighted by atomic mass is 10.2. The fourth-order valence-corrected chi connectivity index (χ4v) is 1.29. The molecular formula is C13H16FNO. The van der Waals surface area contributed by atoms with Gasteiger partial charge < -0.3 is 10.1 Å². The molecule has 86 valence electrons. The van der Waals surface area contributed by atoms with E-state index in [0.717, 1.165) is 12.1 Å². The first kappa shape index (κ1) is 12.5. The van der Waals surface area contributed by atoms with Crippen molar-refractivity contribution < 1.29 is 9.13 Å². The Morgan fingerprint density at radius 2 is 2.25 bits per heavy atom. The summed E-state index contributed by atoms with van der Waals surface area (Å²) in [5.41, 5.74) is 0.819. The van der Waals surface area contributed by atoms with Crippen LogP contribution in [0.25, 0.3) is 0 Å². The van der Waals surface area contributed by atoms with E-state index in [1.165, 1.54) is 6.07 Å². The number of rotatable bonds is 5. The second-order valence-electron chi connectivity index (χ2n) is 3.22. The van der Waals surface area contributed by atoms with E-state index in [4.69, 9.17) is 4.74 Å². The number of hydrogen-bond donors (Lipinski definition) is 1. The van der Waals surface area contributed by atoms with Crippen molar-refractivity contribution in [2.24, 2.45) is 0 Å². The van der Waals surface area contributed by atoms with Crippen LogP contribution >= 0.6 is 0 Å². The summed E-state index contributed by atoms with van der Waals surface area (Å²) >= 11 is 0. The first-order chi connectivity index (χ1) is 7.79. The Hall–Kier alpha value is -1.53. The monoisotopic (exact) mass is 221 g/mol. The minimum Gasteiger partial charge on any atom is -0.478 e. The maximum atomic E-state index is 13.5. The molecule has 16 heavy (non-hydrogen) atoms. The van der Waals surface area contributed by atoms with E-state index in [9.17, 15) is 4.39 Å². The molecule has 1 N–H and O–H groups in total. The van der Waals surface area contributed by atoms with Gasteiger partial charge in [0, 0.05) is 12.1 Å². The minimum atomic E-state index is -0.340. The van der Waals surface area contributed by atoms with Gasteiger partial charge in [0.1, 0.15) is 6.61 Å². The van der Waals surface area contributed by atoms with E-state index in [0.29, 0.717) is 12.3 Å². The van der Waals surface area contributed by atoms with Crippen LogP contribution in [0.1, 0.15) is 19.4 Å². The third-order valence-corrected chi connectivity index (χ3v) is 2.08. The highest BCUT2D eigenvalue weighted by atomic mass is 19.1. The Kier molecular flexibility index (Phi) is 5.38. The molecule has 0 aromatic heterocycles. The third-order valence-electron chi connectivity index (χ3n) is 2.08. The molecule has 0 amide bonds. The topological polar surface area (TPSA) is 21.3 Å². The molecular weight excluding hydrogens is 205 g/mol. The van der Waals surface area contributed by atoms with Gasteiger partial charge in [-0.05, 0) is 19.5 Å². The molecule has 0 bridgehead atoms. The van der Waals surface area contributed by atoms with Crippen LogP contribution in [0.5, 0.6) is 5.75 Å². The molecule has 0 saturated heterocycles. The number of ether oxygens (including phenoxy) is 1.